The van der Waals surface area contributed by atoms with Crippen molar-refractivity contribution in [3.8, 4) is 34.9 Å². The molecular formula is C66H88BrCl2N13O15S3. The number of anilines is 4. The predicted molar refractivity (Wildman–Crippen MR) is 393 cm³/mol. The summed E-state index contributed by atoms with van der Waals surface area (Å²) in [6.45, 7) is 12.7. The number of halogens is 3. The van der Waals surface area contributed by atoms with Gasteiger partial charge in [0.2, 0.25) is 0 Å². The second kappa shape index (κ2) is 38.9. The summed E-state index contributed by atoms with van der Waals surface area (Å²) in [5.74, 6) is 4.37. The van der Waals surface area contributed by atoms with Gasteiger partial charge >= 0.3 is 30.6 Å². The minimum Gasteiger partial charge on any atom is -0.493 e. The molecule has 0 spiro atoms. The Balaban J connectivity index is 0.000000195. The van der Waals surface area contributed by atoms with Crippen LogP contribution < -0.4 is 51.4 Å². The van der Waals surface area contributed by atoms with Gasteiger partial charge in [-0.05, 0) is 161 Å². The van der Waals surface area contributed by atoms with Gasteiger partial charge in [-0.3, -0.25) is 12.9 Å². The highest BCUT2D eigenvalue weighted by atomic mass is 79.9. The molecule has 3 aliphatic heterocycles. The number of fused-ring (bicyclic) bond motifs is 3. The van der Waals surface area contributed by atoms with Crippen LogP contribution in [0.25, 0.3) is 32.9 Å². The van der Waals surface area contributed by atoms with Gasteiger partial charge in [-0.15, -0.1) is 0 Å². The molecule has 100 heavy (non-hydrogen) atoms. The van der Waals surface area contributed by atoms with E-state index in [9.17, 15) is 25.3 Å². The van der Waals surface area contributed by atoms with Crippen LogP contribution in [0.4, 0.5) is 22.9 Å². The van der Waals surface area contributed by atoms with Gasteiger partial charge in [0.05, 0.1) is 72.9 Å². The van der Waals surface area contributed by atoms with E-state index in [1.165, 1.54) is 48.5 Å². The molecule has 0 saturated carbocycles. The molecule has 3 aromatic carbocycles. The molecule has 6 aromatic heterocycles. The molecule has 12 rings (SSSR count). The molecule has 0 unspecified atom stereocenters. The highest BCUT2D eigenvalue weighted by molar-refractivity contribution is 9.09. The molecule has 9 heterocycles. The van der Waals surface area contributed by atoms with Gasteiger partial charge < -0.3 is 47.3 Å². The molecule has 9 aromatic rings. The van der Waals surface area contributed by atoms with Crippen molar-refractivity contribution < 1.29 is 67.2 Å². The second-order valence-electron chi connectivity index (χ2n) is 21.9. The van der Waals surface area contributed by atoms with Crippen molar-refractivity contribution in [2.24, 2.45) is 0 Å². The van der Waals surface area contributed by atoms with Crippen LogP contribution in [0.5, 0.6) is 34.9 Å². The van der Waals surface area contributed by atoms with E-state index in [1.54, 1.807) is 60.0 Å². The maximum atomic E-state index is 12.9. The Labute approximate surface area is 603 Å². The lowest BCUT2D eigenvalue weighted by Crippen LogP contribution is -2.33. The zero-order valence-electron chi connectivity index (χ0n) is 54.8. The van der Waals surface area contributed by atoms with E-state index >= 15 is 0 Å². The van der Waals surface area contributed by atoms with Crippen molar-refractivity contribution in [1.82, 2.24) is 43.8 Å². The standard InChI is InChI=1S/C22H29N5O5S.C21H25ClN4O5S.C14H18BrNO3.C7H8ClN3O2S.2CH4/c1-3-30-22-19-8-7-18(16-20(19)32-25-22)31-14-6-4-5-11-26-12-13-27(33(26,28)29)17-9-10-24-21(15-17)23-2;1-2-29-21-18-7-6-17(15-19(18)31-24-21)30-13-5-3-4-10-25-11-12-26(32(25,27)28)16-8-9-23-20(22)14-16;1-2-17-14-12-7-6-11(10-13(12)19-16-14)18-9-5-3-4-8-15;8-7-5-6(1-2-9-7)11-4-3-10-14(11,12)13;;/h7-10,15-16H,3-6,11-14H2,1-2H3,(H,23,24);6-9,14-15H,2-5,10-13H2,1H3;6-7,10H,2-5,8-9H2,1H3;1-2,5,10H,3-4H2;2*1H4. The molecule has 546 valence electrons. The van der Waals surface area contributed by atoms with E-state index in [1.807, 2.05) is 63.2 Å². The molecule has 0 bridgehead atoms. The van der Waals surface area contributed by atoms with E-state index in [4.69, 9.17) is 65.2 Å². The number of nitrogens with one attached hydrogen (secondary N) is 2. The van der Waals surface area contributed by atoms with E-state index < -0.39 is 30.6 Å². The van der Waals surface area contributed by atoms with E-state index in [2.05, 4.69) is 56.4 Å². The van der Waals surface area contributed by atoms with Crippen LogP contribution in [0, 0.1) is 0 Å². The fraction of sp³-hybridized carbons (Fsp3) is 0.455. The van der Waals surface area contributed by atoms with Crippen molar-refractivity contribution in [3.63, 3.8) is 0 Å². The lowest BCUT2D eigenvalue weighted by Gasteiger charge is -2.20. The smallest absolute Gasteiger partial charge is 0.304 e. The molecule has 34 heteroatoms. The number of hydrogen-bond acceptors (Lipinski definition) is 22. The third-order valence-corrected chi connectivity index (χ3v) is 21.7. The lowest BCUT2D eigenvalue weighted by molar-refractivity contribution is 0.298. The van der Waals surface area contributed by atoms with Crippen molar-refractivity contribution >= 4 is 126 Å². The Morgan fingerprint density at radius 2 is 0.870 bits per heavy atom. The molecule has 0 amide bonds. The summed E-state index contributed by atoms with van der Waals surface area (Å²) >= 11 is 15.0. The molecule has 28 nitrogen and oxygen atoms in total. The number of hydrogen-bond donors (Lipinski definition) is 2. The lowest BCUT2D eigenvalue weighted by atomic mass is 10.2. The highest BCUT2D eigenvalue weighted by Gasteiger charge is 2.38. The van der Waals surface area contributed by atoms with Crippen LogP contribution in [0.3, 0.4) is 0 Å². The molecule has 2 N–H and O–H groups in total. The van der Waals surface area contributed by atoms with Crippen LogP contribution in [-0.2, 0) is 30.6 Å². The zero-order valence-corrected chi connectivity index (χ0v) is 60.3. The summed E-state index contributed by atoms with van der Waals surface area (Å²) in [5.41, 5.74) is 3.64. The maximum absolute atomic E-state index is 12.9. The zero-order chi connectivity index (χ0) is 69.5. The second-order valence-corrected chi connectivity index (χ2v) is 28.9. The molecule has 3 fully saturated rings. The Kier molecular flexibility index (Phi) is 31.0. The summed E-state index contributed by atoms with van der Waals surface area (Å²) < 4.78 is 133. The SMILES string of the molecule is C.C.CCOc1noc2cc(OCCCCCBr)ccc12.CCOc1noc2cc(OCCCCCN3CCN(c4ccnc(Cl)c4)S3(=O)=O)ccc12.CCOc1noc2cc(OCCCCCN3CCN(c4ccnc(NC)c4)S3(=O)=O)ccc12.O=S1(=O)NCCN1c1ccnc(Cl)c1. The first kappa shape index (κ1) is 79.6. The normalized spacial score (nSPS) is 15.2. The fourth-order valence-electron chi connectivity index (χ4n) is 10.4. The van der Waals surface area contributed by atoms with Gasteiger partial charge in [-0.1, -0.05) is 54.0 Å². The average molecular weight is 1550 g/mol. The summed E-state index contributed by atoms with van der Waals surface area (Å²) in [4.78, 5) is 11.8. The third kappa shape index (κ3) is 21.4. The summed E-state index contributed by atoms with van der Waals surface area (Å²) in [6, 6.07) is 26.6. The largest absolute Gasteiger partial charge is 0.493 e. The number of benzene rings is 3. The number of unbranched alkanes of at least 4 members (excludes halogenated alkanes) is 6. The minimum absolute atomic E-state index is 0. The summed E-state index contributed by atoms with van der Waals surface area (Å²) in [6.07, 6.45) is 12.9. The van der Waals surface area contributed by atoms with Crippen LogP contribution in [-0.4, -0.2) is 169 Å². The Morgan fingerprint density at radius 3 is 1.24 bits per heavy atom. The van der Waals surface area contributed by atoms with Gasteiger partial charge in [0, 0.05) is 108 Å². The number of rotatable bonds is 30. The first-order chi connectivity index (χ1) is 47.5. The van der Waals surface area contributed by atoms with Crippen LogP contribution in [0.15, 0.2) is 123 Å². The van der Waals surface area contributed by atoms with E-state index in [0.29, 0.717) is 154 Å². The molecule has 0 radical (unpaired) electrons. The molecule has 3 aliphatic rings. The molecule has 3 saturated heterocycles. The van der Waals surface area contributed by atoms with Crippen LogP contribution >= 0.6 is 39.1 Å². The number of nitrogens with zero attached hydrogens (tertiary/aromatic N) is 11. The summed E-state index contributed by atoms with van der Waals surface area (Å²) in [7, 11) is -8.65. The number of alkyl halides is 1. The van der Waals surface area contributed by atoms with Crippen molar-refractivity contribution in [1.29, 1.82) is 0 Å². The Bertz CT molecular complexity index is 4370. The van der Waals surface area contributed by atoms with E-state index in [0.717, 1.165) is 78.8 Å². The van der Waals surface area contributed by atoms with Crippen LogP contribution in [0.2, 0.25) is 10.3 Å². The van der Waals surface area contributed by atoms with Gasteiger partial charge in [-0.2, -0.15) is 38.6 Å². The first-order valence-corrected chi connectivity index (χ1v) is 38.3. The number of pyridine rings is 3. The monoisotopic (exact) mass is 1550 g/mol. The van der Waals surface area contributed by atoms with Gasteiger partial charge in [0.25, 0.3) is 17.6 Å². The third-order valence-electron chi connectivity index (χ3n) is 15.3. The predicted octanol–water partition coefficient (Wildman–Crippen LogP) is 13.0. The number of aromatic nitrogens is 6. The van der Waals surface area contributed by atoms with E-state index in [-0.39, 0.29) is 25.2 Å². The Morgan fingerprint density at radius 1 is 0.480 bits per heavy atom. The topological polar surface area (TPSA) is 315 Å². The highest BCUT2D eigenvalue weighted by Crippen LogP contribution is 2.33. The molecule has 0 aliphatic carbocycles. The van der Waals surface area contributed by atoms with Crippen molar-refractivity contribution in [2.75, 3.05) is 123 Å². The Hall–Kier alpha value is -7.69. The average Bonchev–Trinajstić information content (AvgIpc) is 1.64. The quantitative estimate of drug-likeness (QED) is 0.0240. The minimum atomic E-state index is -3.53. The molecule has 0 atom stereocenters. The first-order valence-electron chi connectivity index (χ1n) is 32.2. The summed E-state index contributed by atoms with van der Waals surface area (Å²) in [5, 5.41) is 18.8. The van der Waals surface area contributed by atoms with Gasteiger partial charge in [0.1, 0.15) is 33.4 Å². The molecular weight excluding hydrogens is 1460 g/mol. The van der Waals surface area contributed by atoms with Crippen LogP contribution in [0.1, 0.15) is 93.4 Å². The fourth-order valence-corrected chi connectivity index (χ4v) is 15.7. The number of ether oxygens (including phenoxy) is 6. The van der Waals surface area contributed by atoms with Crippen molar-refractivity contribution in [2.45, 2.75) is 93.4 Å². The van der Waals surface area contributed by atoms with Gasteiger partial charge in [-0.25, -0.2) is 15.0 Å². The maximum Gasteiger partial charge on any atom is 0.304 e. The van der Waals surface area contributed by atoms with Gasteiger partial charge in [0.15, 0.2) is 16.7 Å². The van der Waals surface area contributed by atoms with Crippen molar-refractivity contribution in [3.05, 3.63) is 120 Å².